The van der Waals surface area contributed by atoms with Crippen LogP contribution in [-0.2, 0) is 16.6 Å². The zero-order chi connectivity index (χ0) is 22.3. The van der Waals surface area contributed by atoms with Crippen LogP contribution in [0.4, 0.5) is 21.1 Å². The molecule has 2 fully saturated rings. The molecular weight excluding hydrogens is 400 g/mol. The van der Waals surface area contributed by atoms with Gasteiger partial charge in [0.05, 0.1) is 5.52 Å². The molecule has 0 atom stereocenters. The number of aromatic nitrogens is 2. The molecule has 0 spiro atoms. The van der Waals surface area contributed by atoms with E-state index in [4.69, 9.17) is 4.74 Å². The molecule has 2 aromatic rings. The van der Waals surface area contributed by atoms with Crippen LogP contribution in [0.5, 0.6) is 0 Å². The molecule has 0 saturated carbocycles. The summed E-state index contributed by atoms with van der Waals surface area (Å²) < 4.78 is 7.21. The number of carbonyl (C=O) groups is 3. The highest BCUT2D eigenvalue weighted by Crippen LogP contribution is 2.30. The maximum atomic E-state index is 12.3. The number of nitrogens with one attached hydrogen (secondary N) is 1. The molecule has 2 saturated heterocycles. The first-order valence-electron chi connectivity index (χ1n) is 10.4. The Kier molecular flexibility index (Phi) is 5.24. The van der Waals surface area contributed by atoms with Crippen molar-refractivity contribution in [3.8, 4) is 0 Å². The molecule has 10 nitrogen and oxygen atoms in total. The first kappa shape index (κ1) is 21.0. The summed E-state index contributed by atoms with van der Waals surface area (Å²) in [5.41, 5.74) is 1.42. The Bertz CT molecular complexity index is 1030. The highest BCUT2D eigenvalue weighted by Gasteiger charge is 2.29. The molecular formula is C21H28N6O4. The summed E-state index contributed by atoms with van der Waals surface area (Å²) in [7, 11) is 1.84. The maximum absolute atomic E-state index is 12.3. The summed E-state index contributed by atoms with van der Waals surface area (Å²) in [6.07, 6.45) is -0.0266. The minimum Gasteiger partial charge on any atom is -0.444 e. The van der Waals surface area contributed by atoms with Gasteiger partial charge in [-0.1, -0.05) is 0 Å². The second-order valence-corrected chi connectivity index (χ2v) is 8.86. The van der Waals surface area contributed by atoms with Gasteiger partial charge < -0.3 is 14.5 Å². The molecule has 1 N–H and O–H groups in total. The fourth-order valence-electron chi connectivity index (χ4n) is 3.86. The van der Waals surface area contributed by atoms with Crippen molar-refractivity contribution in [3.63, 3.8) is 0 Å². The van der Waals surface area contributed by atoms with E-state index in [0.29, 0.717) is 38.5 Å². The standard InChI is InChI=1S/C21H28N6O4/c1-21(2,3)31-20(30)26-11-9-25(10-12-26)14-5-6-15-16(13-14)24(4)23-18(15)27-8-7-17(28)22-19(27)29/h5-6,13H,7-12H2,1-4H3,(H,22,28,29). The molecule has 2 aliphatic rings. The minimum absolute atomic E-state index is 0.254. The lowest BCUT2D eigenvalue weighted by Gasteiger charge is -2.36. The molecule has 0 bridgehead atoms. The zero-order valence-corrected chi connectivity index (χ0v) is 18.3. The van der Waals surface area contributed by atoms with E-state index >= 15 is 0 Å². The fourth-order valence-corrected chi connectivity index (χ4v) is 3.86. The van der Waals surface area contributed by atoms with E-state index in [1.807, 2.05) is 46.0 Å². The van der Waals surface area contributed by atoms with Gasteiger partial charge in [0.2, 0.25) is 5.91 Å². The van der Waals surface area contributed by atoms with Gasteiger partial charge in [-0.2, -0.15) is 5.10 Å². The number of piperazine rings is 1. The Labute approximate surface area is 180 Å². The number of fused-ring (bicyclic) bond motifs is 1. The fraction of sp³-hybridized carbons (Fsp3) is 0.524. The molecule has 166 valence electrons. The number of amides is 4. The van der Waals surface area contributed by atoms with Crippen molar-refractivity contribution in [2.24, 2.45) is 7.05 Å². The lowest BCUT2D eigenvalue weighted by atomic mass is 10.1. The maximum Gasteiger partial charge on any atom is 0.410 e. The van der Waals surface area contributed by atoms with Crippen molar-refractivity contribution in [2.75, 3.05) is 42.5 Å². The van der Waals surface area contributed by atoms with E-state index in [9.17, 15) is 14.4 Å². The number of anilines is 2. The second-order valence-electron chi connectivity index (χ2n) is 8.86. The van der Waals surface area contributed by atoms with Gasteiger partial charge in [0.15, 0.2) is 5.82 Å². The van der Waals surface area contributed by atoms with Gasteiger partial charge in [0.1, 0.15) is 5.60 Å². The van der Waals surface area contributed by atoms with E-state index in [1.54, 1.807) is 9.58 Å². The normalized spacial score (nSPS) is 17.9. The van der Waals surface area contributed by atoms with Gasteiger partial charge in [-0.25, -0.2) is 9.59 Å². The summed E-state index contributed by atoms with van der Waals surface area (Å²) in [5.74, 6) is 0.276. The van der Waals surface area contributed by atoms with Gasteiger partial charge in [-0.15, -0.1) is 0 Å². The van der Waals surface area contributed by atoms with E-state index in [2.05, 4.69) is 15.3 Å². The molecule has 4 amide bonds. The molecule has 0 unspecified atom stereocenters. The van der Waals surface area contributed by atoms with Gasteiger partial charge in [0, 0.05) is 57.3 Å². The van der Waals surface area contributed by atoms with Crippen molar-refractivity contribution in [1.82, 2.24) is 20.0 Å². The Morgan fingerprint density at radius 2 is 1.81 bits per heavy atom. The van der Waals surface area contributed by atoms with Crippen molar-refractivity contribution in [3.05, 3.63) is 18.2 Å². The van der Waals surface area contributed by atoms with Crippen LogP contribution >= 0.6 is 0 Å². The average molecular weight is 428 g/mol. The molecule has 1 aromatic carbocycles. The SMILES string of the molecule is Cn1nc(N2CCC(=O)NC2=O)c2ccc(N3CCN(C(=O)OC(C)(C)C)CC3)cc21. The molecule has 0 aliphatic carbocycles. The summed E-state index contributed by atoms with van der Waals surface area (Å²) in [5, 5.41) is 7.72. The number of carbonyl (C=O) groups excluding carboxylic acids is 3. The molecule has 4 rings (SSSR count). The highest BCUT2D eigenvalue weighted by atomic mass is 16.6. The Balaban J connectivity index is 1.49. The monoisotopic (exact) mass is 428 g/mol. The van der Waals surface area contributed by atoms with Gasteiger partial charge >= 0.3 is 12.1 Å². The zero-order valence-electron chi connectivity index (χ0n) is 18.3. The summed E-state index contributed by atoms with van der Waals surface area (Å²) in [6.45, 7) is 8.48. The van der Waals surface area contributed by atoms with Gasteiger partial charge in [-0.05, 0) is 39.0 Å². The van der Waals surface area contributed by atoms with Crippen LogP contribution in [0.15, 0.2) is 18.2 Å². The first-order valence-corrected chi connectivity index (χ1v) is 10.4. The summed E-state index contributed by atoms with van der Waals surface area (Å²) in [6, 6.07) is 5.56. The molecule has 0 radical (unpaired) electrons. The van der Waals surface area contributed by atoms with Gasteiger partial charge in [-0.3, -0.25) is 19.7 Å². The quantitative estimate of drug-likeness (QED) is 0.786. The predicted octanol–water partition coefficient (Wildman–Crippen LogP) is 2.08. The van der Waals surface area contributed by atoms with Crippen LogP contribution in [0, 0.1) is 0 Å². The number of imide groups is 1. The smallest absolute Gasteiger partial charge is 0.410 e. The topological polar surface area (TPSA) is 100 Å². The summed E-state index contributed by atoms with van der Waals surface area (Å²) >= 11 is 0. The lowest BCUT2D eigenvalue weighted by Crippen LogP contribution is -2.50. The molecule has 3 heterocycles. The molecule has 31 heavy (non-hydrogen) atoms. The lowest BCUT2D eigenvalue weighted by molar-refractivity contribution is -0.120. The second kappa shape index (κ2) is 7.75. The minimum atomic E-state index is -0.505. The third-order valence-corrected chi connectivity index (χ3v) is 5.42. The van der Waals surface area contributed by atoms with Crippen molar-refractivity contribution >= 4 is 40.4 Å². The number of aryl methyl sites for hydroxylation is 1. The number of rotatable bonds is 2. The molecule has 2 aliphatic heterocycles. The number of hydrogen-bond acceptors (Lipinski definition) is 6. The number of nitrogens with zero attached hydrogens (tertiary/aromatic N) is 5. The average Bonchev–Trinajstić information content (AvgIpc) is 3.03. The van der Waals surface area contributed by atoms with E-state index in [-0.39, 0.29) is 18.4 Å². The number of hydrogen-bond donors (Lipinski definition) is 1. The van der Waals surface area contributed by atoms with Crippen LogP contribution in [0.3, 0.4) is 0 Å². The number of urea groups is 1. The largest absolute Gasteiger partial charge is 0.444 e. The van der Waals surface area contributed by atoms with Gasteiger partial charge in [0.25, 0.3) is 0 Å². The highest BCUT2D eigenvalue weighted by molar-refractivity contribution is 6.09. The molecule has 1 aromatic heterocycles. The van der Waals surface area contributed by atoms with Crippen LogP contribution < -0.4 is 15.1 Å². The first-order chi connectivity index (χ1) is 14.6. The summed E-state index contributed by atoms with van der Waals surface area (Å²) in [4.78, 5) is 41.4. The van der Waals surface area contributed by atoms with E-state index in [0.717, 1.165) is 16.6 Å². The Morgan fingerprint density at radius 3 is 2.45 bits per heavy atom. The van der Waals surface area contributed by atoms with Crippen molar-refractivity contribution < 1.29 is 19.1 Å². The van der Waals surface area contributed by atoms with Crippen molar-refractivity contribution in [1.29, 1.82) is 0 Å². The third-order valence-electron chi connectivity index (χ3n) is 5.42. The van der Waals surface area contributed by atoms with Crippen LogP contribution in [0.25, 0.3) is 10.9 Å². The third kappa shape index (κ3) is 4.28. The molecule has 10 heteroatoms. The number of ether oxygens (including phenoxy) is 1. The number of benzene rings is 1. The Hall–Kier alpha value is -3.30. The van der Waals surface area contributed by atoms with Crippen LogP contribution in [0.1, 0.15) is 27.2 Å². The predicted molar refractivity (Wildman–Crippen MR) is 116 cm³/mol. The van der Waals surface area contributed by atoms with E-state index < -0.39 is 11.6 Å². The van der Waals surface area contributed by atoms with E-state index in [1.165, 1.54) is 4.90 Å². The van der Waals surface area contributed by atoms with Crippen molar-refractivity contribution in [2.45, 2.75) is 32.8 Å². The Morgan fingerprint density at radius 1 is 1.10 bits per heavy atom. The van der Waals surface area contributed by atoms with Crippen LogP contribution in [-0.4, -0.2) is 71.0 Å². The van der Waals surface area contributed by atoms with Crippen LogP contribution in [0.2, 0.25) is 0 Å².